The van der Waals surface area contributed by atoms with Gasteiger partial charge in [-0.05, 0) is 43.2 Å². The fourth-order valence-corrected chi connectivity index (χ4v) is 2.94. The van der Waals surface area contributed by atoms with E-state index < -0.39 is 0 Å². The molecule has 1 aromatic heterocycles. The van der Waals surface area contributed by atoms with E-state index in [0.717, 1.165) is 22.6 Å². The lowest BCUT2D eigenvalue weighted by atomic mass is 10.1. The van der Waals surface area contributed by atoms with Gasteiger partial charge in [-0.3, -0.25) is 4.79 Å². The van der Waals surface area contributed by atoms with Crippen LogP contribution in [0.15, 0.2) is 54.7 Å². The Morgan fingerprint density at radius 1 is 1.23 bits per heavy atom. The van der Waals surface area contributed by atoms with Gasteiger partial charge in [0.25, 0.3) is 5.91 Å². The van der Waals surface area contributed by atoms with Crippen LogP contribution in [0.25, 0.3) is 5.69 Å². The maximum atomic E-state index is 12.3. The molecule has 134 valence electrons. The third-order valence-corrected chi connectivity index (χ3v) is 4.36. The van der Waals surface area contributed by atoms with E-state index in [4.69, 9.17) is 16.3 Å². The van der Waals surface area contributed by atoms with Gasteiger partial charge in [-0.25, -0.2) is 4.68 Å². The summed E-state index contributed by atoms with van der Waals surface area (Å²) in [7, 11) is 1.65. The maximum absolute atomic E-state index is 12.3. The van der Waals surface area contributed by atoms with Crippen molar-refractivity contribution in [1.29, 1.82) is 0 Å². The summed E-state index contributed by atoms with van der Waals surface area (Å²) in [6.07, 6.45) is 2.40. The number of ether oxygens (including phenoxy) is 1. The molecule has 6 heteroatoms. The molecule has 0 saturated heterocycles. The van der Waals surface area contributed by atoms with Gasteiger partial charge in [-0.2, -0.15) is 5.10 Å². The first-order valence-electron chi connectivity index (χ1n) is 8.31. The number of aromatic nitrogens is 2. The molecule has 0 unspecified atom stereocenters. The molecule has 0 atom stereocenters. The van der Waals surface area contributed by atoms with E-state index in [-0.39, 0.29) is 5.91 Å². The summed E-state index contributed by atoms with van der Waals surface area (Å²) >= 11 is 6.17. The van der Waals surface area contributed by atoms with E-state index >= 15 is 0 Å². The number of nitrogens with zero attached hydrogens (tertiary/aromatic N) is 2. The zero-order chi connectivity index (χ0) is 18.5. The molecule has 0 fully saturated rings. The molecule has 0 aliphatic heterocycles. The van der Waals surface area contributed by atoms with Gasteiger partial charge < -0.3 is 10.1 Å². The van der Waals surface area contributed by atoms with Crippen LogP contribution in [0.4, 0.5) is 0 Å². The Bertz CT molecular complexity index is 921. The summed E-state index contributed by atoms with van der Waals surface area (Å²) < 4.78 is 6.96. The van der Waals surface area contributed by atoms with Gasteiger partial charge >= 0.3 is 0 Å². The summed E-state index contributed by atoms with van der Waals surface area (Å²) in [5, 5.41) is 7.78. The molecular formula is C20H20ClN3O2. The number of hydrogen-bond donors (Lipinski definition) is 1. The van der Waals surface area contributed by atoms with Crippen LogP contribution in [0.3, 0.4) is 0 Å². The van der Waals surface area contributed by atoms with E-state index in [1.54, 1.807) is 30.1 Å². The van der Waals surface area contributed by atoms with E-state index in [1.165, 1.54) is 0 Å². The van der Waals surface area contributed by atoms with Crippen LogP contribution in [0.2, 0.25) is 5.02 Å². The van der Waals surface area contributed by atoms with E-state index in [0.29, 0.717) is 23.7 Å². The number of carbonyl (C=O) groups excluding carboxylic acids is 1. The Morgan fingerprint density at radius 3 is 2.81 bits per heavy atom. The van der Waals surface area contributed by atoms with Crippen molar-refractivity contribution in [3.63, 3.8) is 0 Å². The van der Waals surface area contributed by atoms with Crippen molar-refractivity contribution in [2.75, 3.05) is 13.7 Å². The molecule has 0 spiro atoms. The highest BCUT2D eigenvalue weighted by Crippen LogP contribution is 2.20. The predicted octanol–water partition coefficient (Wildman–Crippen LogP) is 3.82. The minimum absolute atomic E-state index is 0.220. The Morgan fingerprint density at radius 2 is 2.04 bits per heavy atom. The molecule has 0 aliphatic rings. The number of rotatable bonds is 6. The fraction of sp³-hybridized carbons (Fsp3) is 0.200. The molecule has 2 aromatic carbocycles. The van der Waals surface area contributed by atoms with Gasteiger partial charge in [0.2, 0.25) is 0 Å². The lowest BCUT2D eigenvalue weighted by molar-refractivity contribution is 0.0948. The summed E-state index contributed by atoms with van der Waals surface area (Å²) in [5.74, 6) is 0.607. The number of para-hydroxylation sites is 1. The van der Waals surface area contributed by atoms with Crippen LogP contribution in [-0.2, 0) is 6.42 Å². The molecule has 3 rings (SSSR count). The minimum Gasteiger partial charge on any atom is -0.496 e. The second-order valence-corrected chi connectivity index (χ2v) is 6.33. The van der Waals surface area contributed by atoms with Gasteiger partial charge in [0, 0.05) is 12.7 Å². The molecule has 1 amide bonds. The third-order valence-electron chi connectivity index (χ3n) is 4.04. The first kappa shape index (κ1) is 18.0. The van der Waals surface area contributed by atoms with Crippen molar-refractivity contribution in [3.8, 4) is 11.4 Å². The van der Waals surface area contributed by atoms with Crippen LogP contribution in [0.5, 0.6) is 5.75 Å². The lowest BCUT2D eigenvalue weighted by Crippen LogP contribution is -2.26. The molecule has 3 aromatic rings. The number of carbonyl (C=O) groups is 1. The van der Waals surface area contributed by atoms with E-state index in [1.807, 2.05) is 37.3 Å². The van der Waals surface area contributed by atoms with Gasteiger partial charge in [0.1, 0.15) is 5.75 Å². The minimum atomic E-state index is -0.220. The molecule has 0 bridgehead atoms. The van der Waals surface area contributed by atoms with Crippen molar-refractivity contribution in [3.05, 3.63) is 76.6 Å². The third kappa shape index (κ3) is 4.06. The molecule has 0 radical (unpaired) electrons. The van der Waals surface area contributed by atoms with Crippen LogP contribution in [0, 0.1) is 6.92 Å². The topological polar surface area (TPSA) is 56.1 Å². The van der Waals surface area contributed by atoms with Crippen molar-refractivity contribution in [2.24, 2.45) is 0 Å². The first-order chi connectivity index (χ1) is 12.6. The Balaban J connectivity index is 1.63. The molecule has 0 saturated carbocycles. The zero-order valence-corrected chi connectivity index (χ0v) is 15.5. The standard InChI is InChI=1S/C20H20ClN3O2/c1-14-7-8-19(26-2)15(13-14)9-11-22-20(25)17-10-12-24(23-17)18-6-4-3-5-16(18)21/h3-8,10,12-13H,9,11H2,1-2H3,(H,22,25). The second kappa shape index (κ2) is 8.06. The van der Waals surface area contributed by atoms with Gasteiger partial charge in [-0.15, -0.1) is 0 Å². The highest BCUT2D eigenvalue weighted by atomic mass is 35.5. The van der Waals surface area contributed by atoms with Gasteiger partial charge in [-0.1, -0.05) is 41.4 Å². The average Bonchev–Trinajstić information content (AvgIpc) is 3.12. The zero-order valence-electron chi connectivity index (χ0n) is 14.7. The number of amides is 1. The Kier molecular flexibility index (Phi) is 5.58. The molecular weight excluding hydrogens is 350 g/mol. The number of hydrogen-bond acceptors (Lipinski definition) is 3. The van der Waals surface area contributed by atoms with Crippen LogP contribution >= 0.6 is 11.6 Å². The van der Waals surface area contributed by atoms with Crippen LogP contribution in [0.1, 0.15) is 21.6 Å². The lowest BCUT2D eigenvalue weighted by Gasteiger charge is -2.10. The summed E-state index contributed by atoms with van der Waals surface area (Å²) in [6.45, 7) is 2.53. The van der Waals surface area contributed by atoms with Crippen molar-refractivity contribution in [1.82, 2.24) is 15.1 Å². The molecule has 1 heterocycles. The quantitative estimate of drug-likeness (QED) is 0.718. The van der Waals surface area contributed by atoms with Crippen LogP contribution < -0.4 is 10.1 Å². The maximum Gasteiger partial charge on any atom is 0.271 e. The van der Waals surface area contributed by atoms with Crippen molar-refractivity contribution < 1.29 is 9.53 Å². The second-order valence-electron chi connectivity index (χ2n) is 5.92. The van der Waals surface area contributed by atoms with Crippen molar-refractivity contribution in [2.45, 2.75) is 13.3 Å². The van der Waals surface area contributed by atoms with Gasteiger partial charge in [0.15, 0.2) is 5.69 Å². The van der Waals surface area contributed by atoms with Crippen LogP contribution in [-0.4, -0.2) is 29.3 Å². The van der Waals surface area contributed by atoms with E-state index in [2.05, 4.69) is 16.5 Å². The molecule has 5 nitrogen and oxygen atoms in total. The normalized spacial score (nSPS) is 10.6. The highest BCUT2D eigenvalue weighted by molar-refractivity contribution is 6.32. The molecule has 0 aliphatic carbocycles. The Hall–Kier alpha value is -2.79. The summed E-state index contributed by atoms with van der Waals surface area (Å²) in [4.78, 5) is 12.3. The highest BCUT2D eigenvalue weighted by Gasteiger charge is 2.11. The smallest absolute Gasteiger partial charge is 0.271 e. The number of methoxy groups -OCH3 is 1. The van der Waals surface area contributed by atoms with Crippen molar-refractivity contribution >= 4 is 17.5 Å². The SMILES string of the molecule is COc1ccc(C)cc1CCNC(=O)c1ccn(-c2ccccc2Cl)n1. The monoisotopic (exact) mass is 369 g/mol. The van der Waals surface area contributed by atoms with E-state index in [9.17, 15) is 4.79 Å². The average molecular weight is 370 g/mol. The number of halogens is 1. The number of nitrogens with one attached hydrogen (secondary N) is 1. The number of benzene rings is 2. The van der Waals surface area contributed by atoms with Gasteiger partial charge in [0.05, 0.1) is 17.8 Å². The predicted molar refractivity (Wildman–Crippen MR) is 102 cm³/mol. The number of aryl methyl sites for hydroxylation is 1. The summed E-state index contributed by atoms with van der Waals surface area (Å²) in [6, 6.07) is 15.0. The summed E-state index contributed by atoms with van der Waals surface area (Å²) in [5.41, 5.74) is 3.30. The molecule has 26 heavy (non-hydrogen) atoms. The molecule has 1 N–H and O–H groups in total. The first-order valence-corrected chi connectivity index (χ1v) is 8.68. The Labute approximate surface area is 157 Å². The fourth-order valence-electron chi connectivity index (χ4n) is 2.72. The largest absolute Gasteiger partial charge is 0.496 e.